The van der Waals surface area contributed by atoms with Gasteiger partial charge in [0.15, 0.2) is 0 Å². The number of aryl methyl sites for hydroxylation is 2. The lowest BCUT2D eigenvalue weighted by Crippen LogP contribution is -2.35. The number of imidazole rings is 1. The van der Waals surface area contributed by atoms with Gasteiger partial charge in [0.1, 0.15) is 18.2 Å². The maximum Gasteiger partial charge on any atom is 0.225 e. The third-order valence-electron chi connectivity index (χ3n) is 5.38. The number of benzene rings is 2. The molecule has 0 fully saturated rings. The highest BCUT2D eigenvalue weighted by Gasteiger charge is 2.20. The summed E-state index contributed by atoms with van der Waals surface area (Å²) in [5.74, 6) is 2.11. The van der Waals surface area contributed by atoms with Gasteiger partial charge < -0.3 is 14.6 Å². The summed E-state index contributed by atoms with van der Waals surface area (Å²) in [6, 6.07) is 16.4. The van der Waals surface area contributed by atoms with Crippen molar-refractivity contribution in [1.29, 1.82) is 0 Å². The Hall–Kier alpha value is -2.82. The normalized spacial score (nSPS) is 11.6. The Bertz CT molecular complexity index is 984. The van der Waals surface area contributed by atoms with Crippen LogP contribution in [0.25, 0.3) is 11.0 Å². The highest BCUT2D eigenvalue weighted by molar-refractivity contribution is 5.81. The molecule has 0 unspecified atom stereocenters. The average Bonchev–Trinajstić information content (AvgIpc) is 3.08. The molecule has 166 valence electrons. The van der Waals surface area contributed by atoms with Crippen molar-refractivity contribution in [2.75, 3.05) is 13.2 Å². The molecule has 1 heterocycles. The van der Waals surface area contributed by atoms with Crippen LogP contribution in [0.3, 0.4) is 0 Å². The van der Waals surface area contributed by atoms with Crippen molar-refractivity contribution >= 4 is 16.9 Å². The summed E-state index contributed by atoms with van der Waals surface area (Å²) < 4.78 is 8.24. The molecule has 3 rings (SSSR count). The van der Waals surface area contributed by atoms with Gasteiger partial charge in [-0.2, -0.15) is 0 Å². The molecule has 0 aliphatic heterocycles. The van der Waals surface area contributed by atoms with E-state index >= 15 is 0 Å². The standard InChI is InChI=1S/C26H35N3O2/c1-20-13-15-21(16-14-20)31-19-18-29-23-11-8-7-10-22(23)28-24(29)12-6-5-9-17-27-25(30)26(2,3)4/h7-8,10-11,13-16H,5-6,9,12,17-19H2,1-4H3,(H,27,30). The van der Waals surface area contributed by atoms with E-state index in [0.29, 0.717) is 6.61 Å². The molecule has 0 saturated heterocycles. The zero-order valence-electron chi connectivity index (χ0n) is 19.3. The lowest BCUT2D eigenvalue weighted by atomic mass is 9.96. The quantitative estimate of drug-likeness (QED) is 0.452. The number of amides is 1. The topological polar surface area (TPSA) is 56.1 Å². The molecular formula is C26H35N3O2. The van der Waals surface area contributed by atoms with E-state index in [-0.39, 0.29) is 11.3 Å². The molecule has 1 N–H and O–H groups in total. The predicted molar refractivity (Wildman–Crippen MR) is 126 cm³/mol. The maximum atomic E-state index is 11.9. The largest absolute Gasteiger partial charge is 0.492 e. The fourth-order valence-corrected chi connectivity index (χ4v) is 3.51. The summed E-state index contributed by atoms with van der Waals surface area (Å²) in [6.45, 7) is 10.0. The molecule has 2 aromatic carbocycles. The molecule has 0 aliphatic rings. The van der Waals surface area contributed by atoms with E-state index < -0.39 is 0 Å². The van der Waals surface area contributed by atoms with Gasteiger partial charge in [-0.25, -0.2) is 4.98 Å². The van der Waals surface area contributed by atoms with Gasteiger partial charge in [0, 0.05) is 18.4 Å². The van der Waals surface area contributed by atoms with Crippen molar-refractivity contribution in [1.82, 2.24) is 14.9 Å². The van der Waals surface area contributed by atoms with Crippen LogP contribution in [0.4, 0.5) is 0 Å². The highest BCUT2D eigenvalue weighted by Crippen LogP contribution is 2.19. The smallest absolute Gasteiger partial charge is 0.225 e. The molecule has 5 nitrogen and oxygen atoms in total. The number of carbonyl (C=O) groups is 1. The van der Waals surface area contributed by atoms with Crippen molar-refractivity contribution in [2.24, 2.45) is 5.41 Å². The Morgan fingerprint density at radius 1 is 1.03 bits per heavy atom. The highest BCUT2D eigenvalue weighted by atomic mass is 16.5. The van der Waals surface area contributed by atoms with E-state index in [1.54, 1.807) is 0 Å². The minimum atomic E-state index is -0.328. The summed E-state index contributed by atoms with van der Waals surface area (Å²) in [4.78, 5) is 16.8. The number of hydrogen-bond donors (Lipinski definition) is 1. The second-order valence-electron chi connectivity index (χ2n) is 9.15. The first-order valence-corrected chi connectivity index (χ1v) is 11.3. The van der Waals surface area contributed by atoms with Crippen molar-refractivity contribution in [3.05, 3.63) is 59.9 Å². The number of nitrogens with one attached hydrogen (secondary N) is 1. The summed E-state index contributed by atoms with van der Waals surface area (Å²) in [5.41, 5.74) is 3.09. The van der Waals surface area contributed by atoms with Crippen molar-refractivity contribution < 1.29 is 9.53 Å². The van der Waals surface area contributed by atoms with Crippen LogP contribution in [0.5, 0.6) is 5.75 Å². The van der Waals surface area contributed by atoms with Crippen LogP contribution in [-0.2, 0) is 17.8 Å². The second kappa shape index (κ2) is 10.5. The number of ether oxygens (including phenoxy) is 1. The molecule has 0 spiro atoms. The van der Waals surface area contributed by atoms with Crippen LogP contribution >= 0.6 is 0 Å². The molecule has 0 aliphatic carbocycles. The van der Waals surface area contributed by atoms with Gasteiger partial charge in [-0.1, -0.05) is 57.0 Å². The lowest BCUT2D eigenvalue weighted by molar-refractivity contribution is -0.128. The Balaban J connectivity index is 1.52. The number of aromatic nitrogens is 2. The molecule has 1 aromatic heterocycles. The summed E-state index contributed by atoms with van der Waals surface area (Å²) >= 11 is 0. The van der Waals surface area contributed by atoms with Gasteiger partial charge in [-0.3, -0.25) is 4.79 Å². The lowest BCUT2D eigenvalue weighted by Gasteiger charge is -2.17. The van der Waals surface area contributed by atoms with Crippen LogP contribution in [0, 0.1) is 12.3 Å². The van der Waals surface area contributed by atoms with E-state index in [0.717, 1.165) is 61.4 Å². The first kappa shape index (κ1) is 22.9. The number of fused-ring (bicyclic) bond motifs is 1. The van der Waals surface area contributed by atoms with Crippen LogP contribution in [0.15, 0.2) is 48.5 Å². The van der Waals surface area contributed by atoms with Gasteiger partial charge >= 0.3 is 0 Å². The van der Waals surface area contributed by atoms with E-state index in [4.69, 9.17) is 9.72 Å². The number of unbranched alkanes of at least 4 members (excludes halogenated alkanes) is 2. The van der Waals surface area contributed by atoms with Crippen LogP contribution in [-0.4, -0.2) is 28.6 Å². The van der Waals surface area contributed by atoms with Gasteiger partial charge in [0.05, 0.1) is 17.6 Å². The molecule has 0 atom stereocenters. The molecular weight excluding hydrogens is 386 g/mol. The third kappa shape index (κ3) is 6.58. The Labute approximate surface area is 185 Å². The Kier molecular flexibility index (Phi) is 7.72. The van der Waals surface area contributed by atoms with Crippen LogP contribution < -0.4 is 10.1 Å². The monoisotopic (exact) mass is 421 g/mol. The van der Waals surface area contributed by atoms with Gasteiger partial charge in [0.25, 0.3) is 0 Å². The molecule has 5 heteroatoms. The molecule has 31 heavy (non-hydrogen) atoms. The van der Waals surface area contributed by atoms with Crippen LogP contribution in [0.2, 0.25) is 0 Å². The SMILES string of the molecule is Cc1ccc(OCCn2c(CCCCCNC(=O)C(C)(C)C)nc3ccccc32)cc1. The van der Waals surface area contributed by atoms with Crippen molar-refractivity contribution in [3.63, 3.8) is 0 Å². The fraction of sp³-hybridized carbons (Fsp3) is 0.462. The van der Waals surface area contributed by atoms with Gasteiger partial charge in [-0.15, -0.1) is 0 Å². The summed E-state index contributed by atoms with van der Waals surface area (Å²) in [6.07, 6.45) is 4.02. The molecule has 3 aromatic rings. The van der Waals surface area contributed by atoms with Crippen molar-refractivity contribution in [3.8, 4) is 5.75 Å². The fourth-order valence-electron chi connectivity index (χ4n) is 3.51. The maximum absolute atomic E-state index is 11.9. The zero-order chi connectivity index (χ0) is 22.3. The van der Waals surface area contributed by atoms with E-state index in [1.165, 1.54) is 5.56 Å². The van der Waals surface area contributed by atoms with Gasteiger partial charge in [0.2, 0.25) is 5.91 Å². The van der Waals surface area contributed by atoms with E-state index in [1.807, 2.05) is 39.0 Å². The summed E-state index contributed by atoms with van der Waals surface area (Å²) in [5, 5.41) is 3.02. The van der Waals surface area contributed by atoms with E-state index in [2.05, 4.69) is 47.1 Å². The van der Waals surface area contributed by atoms with Crippen molar-refractivity contribution in [2.45, 2.75) is 59.9 Å². The third-order valence-corrected chi connectivity index (χ3v) is 5.38. The number of carbonyl (C=O) groups excluding carboxylic acids is 1. The minimum Gasteiger partial charge on any atom is -0.492 e. The molecule has 0 saturated carbocycles. The van der Waals surface area contributed by atoms with Gasteiger partial charge in [-0.05, 0) is 44.0 Å². The number of rotatable bonds is 10. The minimum absolute atomic E-state index is 0.114. The molecule has 0 bridgehead atoms. The van der Waals surface area contributed by atoms with Crippen LogP contribution in [0.1, 0.15) is 51.4 Å². The first-order valence-electron chi connectivity index (χ1n) is 11.3. The number of nitrogens with zero attached hydrogens (tertiary/aromatic N) is 2. The average molecular weight is 422 g/mol. The first-order chi connectivity index (χ1) is 14.8. The molecule has 1 amide bonds. The zero-order valence-corrected chi connectivity index (χ0v) is 19.3. The number of hydrogen-bond acceptors (Lipinski definition) is 3. The predicted octanol–water partition coefficient (Wildman–Crippen LogP) is 5.30. The Morgan fingerprint density at radius 3 is 2.52 bits per heavy atom. The van der Waals surface area contributed by atoms with E-state index in [9.17, 15) is 4.79 Å². The Morgan fingerprint density at radius 2 is 1.77 bits per heavy atom. The summed E-state index contributed by atoms with van der Waals surface area (Å²) in [7, 11) is 0. The second-order valence-corrected chi connectivity index (χ2v) is 9.15. The number of para-hydroxylation sites is 2. The molecule has 0 radical (unpaired) electrons.